The quantitative estimate of drug-likeness (QED) is 0.465. The zero-order chi connectivity index (χ0) is 20.1. The van der Waals surface area contributed by atoms with E-state index < -0.39 is 17.5 Å². The van der Waals surface area contributed by atoms with Gasteiger partial charge in [-0.25, -0.2) is 14.1 Å². The van der Waals surface area contributed by atoms with E-state index in [2.05, 4.69) is 36.8 Å². The average molecular weight is 412 g/mol. The van der Waals surface area contributed by atoms with E-state index in [1.165, 1.54) is 17.8 Å². The van der Waals surface area contributed by atoms with E-state index in [0.717, 1.165) is 18.7 Å². The molecule has 2 aliphatic rings. The molecule has 1 amide bonds. The third-order valence-electron chi connectivity index (χ3n) is 3.83. The van der Waals surface area contributed by atoms with Gasteiger partial charge in [0.2, 0.25) is 11.9 Å². The second-order valence-corrected chi connectivity index (χ2v) is 6.80. The third-order valence-corrected chi connectivity index (χ3v) is 4.78. The van der Waals surface area contributed by atoms with Crippen molar-refractivity contribution in [1.29, 1.82) is 0 Å². The van der Waals surface area contributed by atoms with Gasteiger partial charge in [-0.3, -0.25) is 25.4 Å². The molecule has 152 valence electrons. The minimum atomic E-state index is -0.824. The fraction of sp³-hybridized carbons (Fsp3) is 0.438. The zero-order valence-corrected chi connectivity index (χ0v) is 16.2. The normalized spacial score (nSPS) is 22.4. The lowest BCUT2D eigenvalue weighted by atomic mass is 10.3. The van der Waals surface area contributed by atoms with Gasteiger partial charge in [-0.1, -0.05) is 18.7 Å². The van der Waals surface area contributed by atoms with E-state index in [-0.39, 0.29) is 24.0 Å². The van der Waals surface area contributed by atoms with Crippen molar-refractivity contribution in [3.8, 4) is 0 Å². The molecule has 1 fully saturated rings. The molecule has 0 radical (unpaired) electrons. The fourth-order valence-electron chi connectivity index (χ4n) is 2.66. The number of hydrogen-bond donors (Lipinski definition) is 5. The number of carbonyl (C=O) groups is 1. The van der Waals surface area contributed by atoms with Crippen LogP contribution in [0.25, 0.3) is 0 Å². The Morgan fingerprint density at radius 3 is 2.93 bits per heavy atom. The summed E-state index contributed by atoms with van der Waals surface area (Å²) in [6.07, 6.45) is -0.482. The first-order valence-electron chi connectivity index (χ1n) is 8.82. The predicted molar refractivity (Wildman–Crippen MR) is 105 cm³/mol. The van der Waals surface area contributed by atoms with Crippen molar-refractivity contribution in [2.24, 2.45) is 10.1 Å². The number of halogens is 2. The highest BCUT2D eigenvalue weighted by Gasteiger charge is 2.38. The maximum atomic E-state index is 13.7. The number of amidine groups is 1. The number of anilines is 1. The van der Waals surface area contributed by atoms with Crippen molar-refractivity contribution in [2.45, 2.75) is 26.4 Å². The van der Waals surface area contributed by atoms with E-state index in [1.807, 2.05) is 18.7 Å². The Bertz CT molecular complexity index is 790. The van der Waals surface area contributed by atoms with Gasteiger partial charge >= 0.3 is 0 Å². The number of nitrogens with zero attached hydrogens (tertiary/aromatic N) is 3. The van der Waals surface area contributed by atoms with Gasteiger partial charge in [0.1, 0.15) is 17.9 Å². The Labute approximate surface area is 165 Å². The van der Waals surface area contributed by atoms with Crippen LogP contribution in [0.4, 0.5) is 14.5 Å². The van der Waals surface area contributed by atoms with Crippen molar-refractivity contribution < 1.29 is 13.6 Å². The fourth-order valence-corrected chi connectivity index (χ4v) is 3.44. The Morgan fingerprint density at radius 1 is 1.39 bits per heavy atom. The van der Waals surface area contributed by atoms with Crippen LogP contribution in [-0.4, -0.2) is 53.4 Å². The van der Waals surface area contributed by atoms with Crippen LogP contribution in [0.5, 0.6) is 0 Å². The van der Waals surface area contributed by atoms with E-state index >= 15 is 0 Å². The number of hydrogen-bond acceptors (Lipinski definition) is 7. The lowest BCUT2D eigenvalue weighted by Gasteiger charge is -2.38. The molecular weight excluding hydrogens is 390 g/mol. The Hall–Kier alpha value is -2.44. The van der Waals surface area contributed by atoms with E-state index in [0.29, 0.717) is 17.7 Å². The number of amides is 1. The third kappa shape index (κ3) is 4.69. The summed E-state index contributed by atoms with van der Waals surface area (Å²) in [5, 5.41) is 17.0. The van der Waals surface area contributed by atoms with Gasteiger partial charge in [-0.2, -0.15) is 5.10 Å². The molecule has 1 aromatic rings. The molecule has 0 saturated carbocycles. The number of rotatable bonds is 6. The number of hydrazone groups is 1. The summed E-state index contributed by atoms with van der Waals surface area (Å²) in [6, 6.07) is 2.99. The maximum absolute atomic E-state index is 13.7. The summed E-state index contributed by atoms with van der Waals surface area (Å²) in [4.78, 5) is 18.4. The lowest BCUT2D eigenvalue weighted by molar-refractivity contribution is -0.113. The van der Waals surface area contributed by atoms with Crippen molar-refractivity contribution in [3.05, 3.63) is 29.8 Å². The Kier molecular flexibility index (Phi) is 6.65. The summed E-state index contributed by atoms with van der Waals surface area (Å²) in [5.41, 5.74) is 2.89. The molecule has 0 bridgehead atoms. The molecule has 12 heteroatoms. The van der Waals surface area contributed by atoms with Crippen molar-refractivity contribution in [3.63, 3.8) is 0 Å². The van der Waals surface area contributed by atoms with Crippen LogP contribution in [0, 0.1) is 11.6 Å². The number of thioether (sulfide) groups is 1. The molecule has 2 unspecified atom stereocenters. The highest BCUT2D eigenvalue weighted by molar-refractivity contribution is 8.14. The van der Waals surface area contributed by atoms with Crippen LogP contribution in [0.15, 0.2) is 28.3 Å². The van der Waals surface area contributed by atoms with Gasteiger partial charge < -0.3 is 10.6 Å². The van der Waals surface area contributed by atoms with Gasteiger partial charge in [0.15, 0.2) is 11.5 Å². The predicted octanol–water partition coefficient (Wildman–Crippen LogP) is 0.558. The molecule has 0 aliphatic carbocycles. The average Bonchev–Trinajstić information content (AvgIpc) is 3.06. The second kappa shape index (κ2) is 9.17. The molecule has 0 spiro atoms. The highest BCUT2D eigenvalue weighted by atomic mass is 32.2. The first-order chi connectivity index (χ1) is 13.5. The minimum absolute atomic E-state index is 0.00338. The van der Waals surface area contributed by atoms with Crippen LogP contribution >= 0.6 is 11.8 Å². The van der Waals surface area contributed by atoms with Gasteiger partial charge in [0, 0.05) is 12.6 Å². The Balaban J connectivity index is 1.60. The van der Waals surface area contributed by atoms with Crippen molar-refractivity contribution in [2.75, 3.05) is 24.2 Å². The van der Waals surface area contributed by atoms with E-state index in [9.17, 15) is 13.6 Å². The molecule has 3 rings (SSSR count). The van der Waals surface area contributed by atoms with Gasteiger partial charge in [0.25, 0.3) is 0 Å². The first-order valence-corrected chi connectivity index (χ1v) is 9.81. The summed E-state index contributed by atoms with van der Waals surface area (Å²) >= 11 is 1.17. The van der Waals surface area contributed by atoms with Gasteiger partial charge in [-0.15, -0.1) is 0 Å². The summed E-state index contributed by atoms with van der Waals surface area (Å²) < 4.78 is 26.6. The minimum Gasteiger partial charge on any atom is -0.328 e. The van der Waals surface area contributed by atoms with Crippen LogP contribution in [0.1, 0.15) is 13.8 Å². The van der Waals surface area contributed by atoms with Crippen molar-refractivity contribution in [1.82, 2.24) is 26.3 Å². The monoisotopic (exact) mass is 412 g/mol. The van der Waals surface area contributed by atoms with Gasteiger partial charge in [0.05, 0.1) is 11.4 Å². The SMILES string of the molecule is CCN=C1NC(NCC)NC2NN=C(SCC(=O)Nc3ccc(F)cc3F)N12. The molecule has 28 heavy (non-hydrogen) atoms. The topological polar surface area (TPSA) is 105 Å². The van der Waals surface area contributed by atoms with E-state index in [1.54, 1.807) is 0 Å². The molecular formula is C16H22F2N8OS. The standard InChI is InChI=1S/C16H22F2N8OS/c1-3-19-13-22-14(20-4-2)26-15(23-13)24-25-16(26)28-8-12(27)21-11-6-5-9(17)7-10(11)18/h5-7,13,15,19,23-24H,3-4,8H2,1-2H3,(H,20,22)(H,21,27). The smallest absolute Gasteiger partial charge is 0.234 e. The van der Waals surface area contributed by atoms with Crippen LogP contribution in [0.2, 0.25) is 0 Å². The number of carbonyl (C=O) groups excluding carboxylic acids is 1. The number of benzene rings is 1. The Morgan fingerprint density at radius 2 is 2.21 bits per heavy atom. The van der Waals surface area contributed by atoms with Crippen LogP contribution in [0.3, 0.4) is 0 Å². The van der Waals surface area contributed by atoms with Crippen molar-refractivity contribution >= 4 is 34.5 Å². The number of fused-ring (bicyclic) bond motifs is 1. The van der Waals surface area contributed by atoms with E-state index in [4.69, 9.17) is 0 Å². The molecule has 1 saturated heterocycles. The summed E-state index contributed by atoms with van der Waals surface area (Å²) in [7, 11) is 0. The van der Waals surface area contributed by atoms with Crippen LogP contribution < -0.4 is 26.7 Å². The number of nitrogens with one attached hydrogen (secondary N) is 5. The summed E-state index contributed by atoms with van der Waals surface area (Å²) in [5.74, 6) is -1.34. The molecule has 2 aliphatic heterocycles. The van der Waals surface area contributed by atoms with Crippen LogP contribution in [-0.2, 0) is 4.79 Å². The first kappa shape index (κ1) is 20.3. The second-order valence-electron chi connectivity index (χ2n) is 5.86. The number of aliphatic imine (C=N–C) groups is 1. The maximum Gasteiger partial charge on any atom is 0.234 e. The zero-order valence-electron chi connectivity index (χ0n) is 15.4. The molecule has 0 aromatic heterocycles. The van der Waals surface area contributed by atoms with Gasteiger partial charge in [-0.05, 0) is 25.6 Å². The molecule has 1 aromatic carbocycles. The number of guanidine groups is 1. The molecule has 2 heterocycles. The summed E-state index contributed by atoms with van der Waals surface area (Å²) in [6.45, 7) is 5.26. The lowest BCUT2D eigenvalue weighted by Crippen LogP contribution is -2.72. The molecule has 9 nitrogen and oxygen atoms in total. The molecule has 2 atom stereocenters. The highest BCUT2D eigenvalue weighted by Crippen LogP contribution is 2.19. The molecule has 5 N–H and O–H groups in total. The largest absolute Gasteiger partial charge is 0.328 e.